The number of amides is 1. The number of aliphatic hydroxyl groups is 3. The van der Waals surface area contributed by atoms with Crippen molar-refractivity contribution in [2.24, 2.45) is 11.8 Å². The van der Waals surface area contributed by atoms with Crippen LogP contribution < -0.4 is 0 Å². The van der Waals surface area contributed by atoms with Crippen LogP contribution in [0.1, 0.15) is 87.5 Å². The highest BCUT2D eigenvalue weighted by Gasteiger charge is 2.47. The maximum absolute atomic E-state index is 13.2. The molecule has 2 saturated heterocycles. The number of aliphatic hydroxyl groups excluding tert-OH is 1. The van der Waals surface area contributed by atoms with Crippen molar-refractivity contribution in [3.8, 4) is 0 Å². The summed E-state index contributed by atoms with van der Waals surface area (Å²) >= 11 is 0. The zero-order valence-electron chi connectivity index (χ0n) is 30.6. The van der Waals surface area contributed by atoms with Gasteiger partial charge in [-0.2, -0.15) is 0 Å². The quantitative estimate of drug-likeness (QED) is 0.125. The van der Waals surface area contributed by atoms with E-state index >= 15 is 0 Å². The number of hydrogen-bond donors (Lipinski definition) is 3. The van der Waals surface area contributed by atoms with Crippen molar-refractivity contribution in [2.45, 2.75) is 141 Å². The van der Waals surface area contributed by atoms with Crippen LogP contribution in [-0.2, 0) is 23.7 Å². The van der Waals surface area contributed by atoms with Gasteiger partial charge in [0.1, 0.15) is 11.7 Å². The van der Waals surface area contributed by atoms with Crippen molar-refractivity contribution >= 4 is 12.1 Å². The molecule has 3 aliphatic rings. The zero-order valence-corrected chi connectivity index (χ0v) is 30.6. The second kappa shape index (κ2) is 17.6. The third kappa shape index (κ3) is 11.7. The van der Waals surface area contributed by atoms with Gasteiger partial charge in [0.05, 0.1) is 36.4 Å². The lowest BCUT2D eigenvalue weighted by Gasteiger charge is -2.38. The Bertz CT molecular complexity index is 1140. The first-order valence-corrected chi connectivity index (χ1v) is 17.7. The topological polar surface area (TPSA) is 142 Å². The van der Waals surface area contributed by atoms with Gasteiger partial charge in [0.15, 0.2) is 6.10 Å². The van der Waals surface area contributed by atoms with Gasteiger partial charge < -0.3 is 39.2 Å². The number of hydrogen-bond acceptors (Lipinski definition) is 10. The van der Waals surface area contributed by atoms with E-state index in [0.717, 1.165) is 25.1 Å². The molecule has 0 aromatic carbocycles. The molecule has 2 fully saturated rings. The Kier molecular flexibility index (Phi) is 14.7. The van der Waals surface area contributed by atoms with E-state index < -0.39 is 41.6 Å². The van der Waals surface area contributed by atoms with Crippen LogP contribution in [0.3, 0.4) is 0 Å². The van der Waals surface area contributed by atoms with Crippen molar-refractivity contribution in [3.05, 3.63) is 36.0 Å². The Labute approximate surface area is 287 Å². The van der Waals surface area contributed by atoms with Gasteiger partial charge in [-0.15, -0.1) is 0 Å². The van der Waals surface area contributed by atoms with Gasteiger partial charge in [-0.05, 0) is 65.5 Å². The van der Waals surface area contributed by atoms with Gasteiger partial charge in [0.2, 0.25) is 0 Å². The number of allylic oxidation sites excluding steroid dienone is 2. The molecule has 10 unspecified atom stereocenters. The van der Waals surface area contributed by atoms with Crippen LogP contribution in [0.15, 0.2) is 36.0 Å². The van der Waals surface area contributed by atoms with Crippen molar-refractivity contribution in [1.29, 1.82) is 0 Å². The lowest BCUT2D eigenvalue weighted by atomic mass is 9.88. The van der Waals surface area contributed by atoms with Crippen molar-refractivity contribution in [1.82, 2.24) is 9.80 Å². The highest BCUT2D eigenvalue weighted by Crippen LogP contribution is 2.38. The Hall–Kier alpha value is -2.28. The van der Waals surface area contributed by atoms with E-state index in [1.807, 2.05) is 13.8 Å². The molecular weight excluding hydrogens is 616 g/mol. The normalized spacial score (nSPS) is 34.5. The Morgan fingerprint density at radius 1 is 1.21 bits per heavy atom. The van der Waals surface area contributed by atoms with E-state index in [1.165, 1.54) is 0 Å². The molecule has 3 aliphatic heterocycles. The molecule has 3 heterocycles. The largest absolute Gasteiger partial charge is 0.457 e. The van der Waals surface area contributed by atoms with Gasteiger partial charge in [0.25, 0.3) is 0 Å². The summed E-state index contributed by atoms with van der Waals surface area (Å²) in [6.07, 6.45) is 6.96. The Morgan fingerprint density at radius 2 is 1.88 bits per heavy atom. The van der Waals surface area contributed by atoms with E-state index in [-0.39, 0.29) is 49.4 Å². The zero-order chi connectivity index (χ0) is 35.8. The fraction of sp³-hybridized carbons (Fsp3) is 0.784. The minimum atomic E-state index is -1.48. The summed E-state index contributed by atoms with van der Waals surface area (Å²) in [5.41, 5.74) is -1.87. The molecule has 48 heavy (non-hydrogen) atoms. The standard InChI is InChI=1S/C37H62N2O9/c1-10-29(45-9)27(6)34-30(46-34)23-36(7,43)16-11-12-25(4)33-26(5)13-14-31(37(8,44)17-15-28(40)22-32(41)48-33)47-35(42)39-20-18-38(19-21-39)24(2)3/h11-14,16,24,26-31,33-34,40,43-44H,10,15,17-23H2,1-9H3/b14-13+,16-11+,25-12+. The number of esters is 1. The van der Waals surface area contributed by atoms with Crippen LogP contribution >= 0.6 is 0 Å². The average molecular weight is 679 g/mol. The van der Waals surface area contributed by atoms with E-state index in [1.54, 1.807) is 56.2 Å². The third-order valence-electron chi connectivity index (χ3n) is 10.2. The van der Waals surface area contributed by atoms with Crippen LogP contribution in [-0.4, -0.2) is 124 Å². The van der Waals surface area contributed by atoms with E-state index in [2.05, 4.69) is 32.6 Å². The predicted molar refractivity (Wildman–Crippen MR) is 184 cm³/mol. The third-order valence-corrected chi connectivity index (χ3v) is 10.2. The van der Waals surface area contributed by atoms with Crippen molar-refractivity contribution in [3.63, 3.8) is 0 Å². The maximum atomic E-state index is 13.2. The minimum Gasteiger partial charge on any atom is -0.457 e. The molecule has 3 rings (SSSR count). The first kappa shape index (κ1) is 40.2. The van der Waals surface area contributed by atoms with Crippen molar-refractivity contribution < 1.29 is 43.9 Å². The van der Waals surface area contributed by atoms with Gasteiger partial charge in [-0.3, -0.25) is 9.69 Å². The molecule has 11 heteroatoms. The fourth-order valence-electron chi connectivity index (χ4n) is 6.78. The van der Waals surface area contributed by atoms with Gasteiger partial charge in [-0.25, -0.2) is 4.79 Å². The number of rotatable bonds is 11. The molecule has 0 aliphatic carbocycles. The van der Waals surface area contributed by atoms with Crippen LogP contribution in [0.2, 0.25) is 0 Å². The number of methoxy groups -OCH3 is 1. The molecule has 0 radical (unpaired) electrons. The first-order valence-electron chi connectivity index (χ1n) is 17.7. The second-order valence-corrected chi connectivity index (χ2v) is 14.8. The van der Waals surface area contributed by atoms with E-state index in [4.69, 9.17) is 18.9 Å². The van der Waals surface area contributed by atoms with Crippen LogP contribution in [0.5, 0.6) is 0 Å². The van der Waals surface area contributed by atoms with Crippen molar-refractivity contribution in [2.75, 3.05) is 33.3 Å². The van der Waals surface area contributed by atoms with Crippen LogP contribution in [0.25, 0.3) is 0 Å². The Morgan fingerprint density at radius 3 is 2.48 bits per heavy atom. The fourth-order valence-corrected chi connectivity index (χ4v) is 6.78. The number of carbonyl (C=O) groups is 2. The van der Waals surface area contributed by atoms with E-state index in [0.29, 0.717) is 25.6 Å². The number of nitrogens with zero attached hydrogens (tertiary/aromatic N) is 2. The summed E-state index contributed by atoms with van der Waals surface area (Å²) in [7, 11) is 1.71. The van der Waals surface area contributed by atoms with Gasteiger partial charge in [0, 0.05) is 57.6 Å². The average Bonchev–Trinajstić information content (AvgIpc) is 3.78. The highest BCUT2D eigenvalue weighted by molar-refractivity contribution is 5.70. The van der Waals surface area contributed by atoms with Crippen LogP contribution in [0.4, 0.5) is 4.79 Å². The smallest absolute Gasteiger partial charge is 0.410 e. The number of ether oxygens (including phenoxy) is 4. The summed E-state index contributed by atoms with van der Waals surface area (Å²) in [5, 5.41) is 33.2. The summed E-state index contributed by atoms with van der Waals surface area (Å²) in [6.45, 7) is 18.1. The number of carbonyl (C=O) groups excluding carboxylic acids is 2. The van der Waals surface area contributed by atoms with Gasteiger partial charge >= 0.3 is 12.1 Å². The summed E-state index contributed by atoms with van der Waals surface area (Å²) in [4.78, 5) is 30.0. The maximum Gasteiger partial charge on any atom is 0.410 e. The monoisotopic (exact) mass is 678 g/mol. The van der Waals surface area contributed by atoms with Crippen LogP contribution in [0, 0.1) is 11.8 Å². The molecule has 11 nitrogen and oxygen atoms in total. The molecular formula is C37H62N2O9. The predicted octanol–water partition coefficient (Wildman–Crippen LogP) is 4.39. The SMILES string of the molecule is CCC(OC)C(C)C1OC1CC(C)(O)/C=C/C=C(\C)C1OC(=O)CC(O)CCC(C)(O)C(OC(=O)N2CCN(C(C)C)CC2)/C=C/C1C. The molecule has 10 atom stereocenters. The first-order chi connectivity index (χ1) is 22.5. The van der Waals surface area contributed by atoms with Gasteiger partial charge in [-0.1, -0.05) is 45.1 Å². The molecule has 0 spiro atoms. The molecule has 0 aromatic rings. The lowest BCUT2D eigenvalue weighted by Crippen LogP contribution is -2.52. The second-order valence-electron chi connectivity index (χ2n) is 14.8. The Balaban J connectivity index is 1.73. The molecule has 0 bridgehead atoms. The molecule has 0 aromatic heterocycles. The molecule has 1 amide bonds. The minimum absolute atomic E-state index is 0.0460. The highest BCUT2D eigenvalue weighted by atomic mass is 16.6. The number of piperazine rings is 1. The molecule has 0 saturated carbocycles. The summed E-state index contributed by atoms with van der Waals surface area (Å²) < 4.78 is 23.2. The number of epoxide rings is 1. The number of cyclic esters (lactones) is 1. The summed E-state index contributed by atoms with van der Waals surface area (Å²) in [6, 6.07) is 0.392. The molecule has 274 valence electrons. The molecule has 3 N–H and O–H groups in total. The van der Waals surface area contributed by atoms with E-state index in [9.17, 15) is 24.9 Å². The summed E-state index contributed by atoms with van der Waals surface area (Å²) in [5.74, 6) is -0.688. The lowest BCUT2D eigenvalue weighted by molar-refractivity contribution is -0.151.